The second-order valence-corrected chi connectivity index (χ2v) is 4.49. The zero-order valence-corrected chi connectivity index (χ0v) is 11.9. The van der Waals surface area contributed by atoms with Gasteiger partial charge < -0.3 is 4.74 Å². The molecule has 0 heterocycles. The molecule has 0 spiro atoms. The van der Waals surface area contributed by atoms with E-state index in [4.69, 9.17) is 4.74 Å². The largest absolute Gasteiger partial charge is 0.486 e. The highest BCUT2D eigenvalue weighted by Gasteiger charge is 2.06. The number of ketones is 1. The molecule has 3 nitrogen and oxygen atoms in total. The van der Waals surface area contributed by atoms with Gasteiger partial charge >= 0.3 is 0 Å². The molecule has 0 bridgehead atoms. The van der Waals surface area contributed by atoms with Crippen molar-refractivity contribution in [1.82, 2.24) is 4.90 Å². The van der Waals surface area contributed by atoms with Gasteiger partial charge in [-0.05, 0) is 32.2 Å². The van der Waals surface area contributed by atoms with E-state index < -0.39 is 5.82 Å². The Morgan fingerprint density at radius 3 is 2.75 bits per heavy atom. The first kappa shape index (κ1) is 16.1. The molecule has 20 heavy (non-hydrogen) atoms. The summed E-state index contributed by atoms with van der Waals surface area (Å²) < 4.78 is 18.9. The van der Waals surface area contributed by atoms with Crippen molar-refractivity contribution in [2.45, 2.75) is 6.92 Å². The highest BCUT2D eigenvalue weighted by molar-refractivity contribution is 5.94. The number of nitrogens with zero attached hydrogens (tertiary/aromatic N) is 1. The molecule has 0 saturated heterocycles. The summed E-state index contributed by atoms with van der Waals surface area (Å²) in [6.07, 6.45) is 5.61. The lowest BCUT2D eigenvalue weighted by atomic mass is 10.1. The molecule has 0 atom stereocenters. The molecule has 1 aromatic rings. The molecule has 0 fully saturated rings. The predicted octanol–water partition coefficient (Wildman–Crippen LogP) is 3.08. The smallest absolute Gasteiger partial charge is 0.165 e. The van der Waals surface area contributed by atoms with E-state index in [-0.39, 0.29) is 18.1 Å². The minimum atomic E-state index is -0.519. The molecule has 108 valence electrons. The number of ether oxygens (including phenoxy) is 1. The lowest BCUT2D eigenvalue weighted by Gasteiger charge is -2.10. The van der Waals surface area contributed by atoms with E-state index >= 15 is 0 Å². The monoisotopic (exact) mass is 277 g/mol. The SMILES string of the molecule is C=CCN(C)C/C=C/COc1ccc(C(C)=O)cc1F. The van der Waals surface area contributed by atoms with Crippen molar-refractivity contribution in [2.24, 2.45) is 0 Å². The minimum Gasteiger partial charge on any atom is -0.486 e. The Kier molecular flexibility index (Phi) is 6.67. The van der Waals surface area contributed by atoms with Gasteiger partial charge in [-0.2, -0.15) is 0 Å². The van der Waals surface area contributed by atoms with Crippen LogP contribution in [0.2, 0.25) is 0 Å². The van der Waals surface area contributed by atoms with Crippen molar-refractivity contribution in [3.05, 3.63) is 54.4 Å². The van der Waals surface area contributed by atoms with Crippen LogP contribution < -0.4 is 4.74 Å². The van der Waals surface area contributed by atoms with E-state index in [1.54, 1.807) is 6.07 Å². The Bertz CT molecular complexity index is 497. The molecule has 1 rings (SSSR count). The van der Waals surface area contributed by atoms with Crippen molar-refractivity contribution in [3.63, 3.8) is 0 Å². The summed E-state index contributed by atoms with van der Waals surface area (Å²) in [5.74, 6) is -0.533. The number of hydrogen-bond acceptors (Lipinski definition) is 3. The number of Topliss-reactive ketones (excluding diaryl/α,β-unsaturated/α-hetero) is 1. The summed E-state index contributed by atoms with van der Waals surface area (Å²) in [6, 6.07) is 4.23. The maximum absolute atomic E-state index is 13.6. The van der Waals surface area contributed by atoms with Crippen molar-refractivity contribution in [1.29, 1.82) is 0 Å². The number of rotatable bonds is 8. The number of carbonyl (C=O) groups excluding carboxylic acids is 1. The fourth-order valence-corrected chi connectivity index (χ4v) is 1.59. The summed E-state index contributed by atoms with van der Waals surface area (Å²) >= 11 is 0. The summed E-state index contributed by atoms with van der Waals surface area (Å²) in [6.45, 7) is 6.94. The number of halogens is 1. The van der Waals surface area contributed by atoms with Crippen LogP contribution in [0, 0.1) is 5.82 Å². The molecule has 0 saturated carbocycles. The molecular formula is C16H20FNO2. The Morgan fingerprint density at radius 2 is 2.15 bits per heavy atom. The van der Waals surface area contributed by atoms with Gasteiger partial charge in [0.05, 0.1) is 0 Å². The summed E-state index contributed by atoms with van der Waals surface area (Å²) in [4.78, 5) is 13.2. The van der Waals surface area contributed by atoms with Gasteiger partial charge in [0, 0.05) is 18.7 Å². The van der Waals surface area contributed by atoms with Gasteiger partial charge in [-0.3, -0.25) is 9.69 Å². The third-order valence-electron chi connectivity index (χ3n) is 2.70. The van der Waals surface area contributed by atoms with Crippen molar-refractivity contribution < 1.29 is 13.9 Å². The van der Waals surface area contributed by atoms with Crippen LogP contribution in [0.3, 0.4) is 0 Å². The molecule has 0 N–H and O–H groups in total. The number of carbonyl (C=O) groups is 1. The van der Waals surface area contributed by atoms with Gasteiger partial charge in [-0.15, -0.1) is 6.58 Å². The van der Waals surface area contributed by atoms with Gasteiger partial charge in [-0.1, -0.05) is 18.2 Å². The zero-order valence-electron chi connectivity index (χ0n) is 11.9. The maximum Gasteiger partial charge on any atom is 0.165 e. The zero-order chi connectivity index (χ0) is 15.0. The van der Waals surface area contributed by atoms with Gasteiger partial charge in [0.15, 0.2) is 17.3 Å². The second kappa shape index (κ2) is 8.27. The fraction of sp³-hybridized carbons (Fsp3) is 0.312. The Labute approximate surface area is 119 Å². The van der Waals surface area contributed by atoms with Crippen molar-refractivity contribution in [3.8, 4) is 5.75 Å². The summed E-state index contributed by atoms with van der Waals surface area (Å²) in [5.41, 5.74) is 0.344. The van der Waals surface area contributed by atoms with Crippen LogP contribution in [0.5, 0.6) is 5.75 Å². The molecule has 0 unspecified atom stereocenters. The van der Waals surface area contributed by atoms with Gasteiger partial charge in [0.25, 0.3) is 0 Å². The molecule has 0 radical (unpaired) electrons. The average molecular weight is 277 g/mol. The molecule has 4 heteroatoms. The number of benzene rings is 1. The van der Waals surface area contributed by atoms with E-state index in [0.717, 1.165) is 13.1 Å². The van der Waals surface area contributed by atoms with E-state index in [1.165, 1.54) is 19.1 Å². The van der Waals surface area contributed by atoms with E-state index in [9.17, 15) is 9.18 Å². The van der Waals surface area contributed by atoms with Crippen LogP contribution in [0.25, 0.3) is 0 Å². The number of likely N-dealkylation sites (N-methyl/N-ethyl adjacent to an activating group) is 1. The van der Waals surface area contributed by atoms with Crippen molar-refractivity contribution in [2.75, 3.05) is 26.7 Å². The lowest BCUT2D eigenvalue weighted by Crippen LogP contribution is -2.17. The average Bonchev–Trinajstić information content (AvgIpc) is 2.40. The van der Waals surface area contributed by atoms with E-state index in [1.807, 2.05) is 25.3 Å². The summed E-state index contributed by atoms with van der Waals surface area (Å²) in [5, 5.41) is 0. The number of hydrogen-bond donors (Lipinski definition) is 0. The molecule has 0 aliphatic carbocycles. The highest BCUT2D eigenvalue weighted by atomic mass is 19.1. The fourth-order valence-electron chi connectivity index (χ4n) is 1.59. The van der Waals surface area contributed by atoms with Gasteiger partial charge in [0.2, 0.25) is 0 Å². The third-order valence-corrected chi connectivity index (χ3v) is 2.70. The normalized spacial score (nSPS) is 11.0. The molecule has 0 aliphatic heterocycles. The first-order chi connectivity index (χ1) is 9.54. The first-order valence-corrected chi connectivity index (χ1v) is 6.42. The van der Waals surface area contributed by atoms with Gasteiger partial charge in [0.1, 0.15) is 6.61 Å². The summed E-state index contributed by atoms with van der Waals surface area (Å²) in [7, 11) is 1.98. The third kappa shape index (κ3) is 5.36. The molecule has 0 amide bonds. The second-order valence-electron chi connectivity index (χ2n) is 4.49. The van der Waals surface area contributed by atoms with Crippen LogP contribution in [0.1, 0.15) is 17.3 Å². The molecule has 1 aromatic carbocycles. The van der Waals surface area contributed by atoms with Crippen LogP contribution in [0.15, 0.2) is 43.0 Å². The highest BCUT2D eigenvalue weighted by Crippen LogP contribution is 2.18. The quantitative estimate of drug-likeness (QED) is 0.540. The molecule has 0 aliphatic rings. The predicted molar refractivity (Wildman–Crippen MR) is 78.7 cm³/mol. The van der Waals surface area contributed by atoms with Gasteiger partial charge in [-0.25, -0.2) is 4.39 Å². The first-order valence-electron chi connectivity index (χ1n) is 6.42. The molecule has 0 aromatic heterocycles. The maximum atomic E-state index is 13.6. The molecular weight excluding hydrogens is 257 g/mol. The van der Waals surface area contributed by atoms with Crippen LogP contribution in [-0.2, 0) is 0 Å². The minimum absolute atomic E-state index is 0.152. The van der Waals surface area contributed by atoms with Crippen molar-refractivity contribution >= 4 is 5.78 Å². The van der Waals surface area contributed by atoms with E-state index in [2.05, 4.69) is 11.5 Å². The van der Waals surface area contributed by atoms with Crippen LogP contribution in [-0.4, -0.2) is 37.4 Å². The van der Waals surface area contributed by atoms with E-state index in [0.29, 0.717) is 5.56 Å². The van der Waals surface area contributed by atoms with Crippen LogP contribution >= 0.6 is 0 Å². The Balaban J connectivity index is 2.44. The Morgan fingerprint density at radius 1 is 1.40 bits per heavy atom. The standard InChI is InChI=1S/C16H20FNO2/c1-4-9-18(3)10-5-6-11-20-16-8-7-14(13(2)19)12-15(16)17/h4-8,12H,1,9-11H2,2-3H3/b6-5+. The Hall–Kier alpha value is -1.94. The topological polar surface area (TPSA) is 29.5 Å². The lowest BCUT2D eigenvalue weighted by molar-refractivity contribution is 0.101. The van der Waals surface area contributed by atoms with Crippen LogP contribution in [0.4, 0.5) is 4.39 Å².